The number of allylic oxidation sites excluding steroid dienone is 1. The Bertz CT molecular complexity index is 1030. The second kappa shape index (κ2) is 5.42. The largest absolute Gasteiger partial charge is 0.292 e. The van der Waals surface area contributed by atoms with Gasteiger partial charge < -0.3 is 0 Å². The van der Waals surface area contributed by atoms with Crippen LogP contribution < -0.4 is 5.56 Å². The molecule has 2 aromatic heterocycles. The van der Waals surface area contributed by atoms with Crippen molar-refractivity contribution in [1.82, 2.24) is 9.55 Å². The van der Waals surface area contributed by atoms with E-state index >= 15 is 0 Å². The molecule has 0 unspecified atom stereocenters. The molecule has 0 saturated heterocycles. The summed E-state index contributed by atoms with van der Waals surface area (Å²) < 4.78 is 2.88. The van der Waals surface area contributed by atoms with E-state index < -0.39 is 0 Å². The summed E-state index contributed by atoms with van der Waals surface area (Å²) in [5.41, 5.74) is 3.42. The van der Waals surface area contributed by atoms with Gasteiger partial charge in [0.15, 0.2) is 0 Å². The topological polar surface area (TPSA) is 34.9 Å². The average Bonchev–Trinajstić information content (AvgIpc) is 3.02. The molecule has 3 nitrogen and oxygen atoms in total. The second-order valence-electron chi connectivity index (χ2n) is 5.83. The highest BCUT2D eigenvalue weighted by atomic mass is 79.9. The van der Waals surface area contributed by atoms with Crippen molar-refractivity contribution in [1.29, 1.82) is 0 Å². The second-order valence-corrected chi connectivity index (χ2v) is 7.95. The van der Waals surface area contributed by atoms with Crippen LogP contribution in [0.4, 0.5) is 0 Å². The summed E-state index contributed by atoms with van der Waals surface area (Å²) in [7, 11) is 0. The highest BCUT2D eigenvalue weighted by molar-refractivity contribution is 9.10. The zero-order valence-corrected chi connectivity index (χ0v) is 15.3. The number of benzene rings is 1. The van der Waals surface area contributed by atoms with E-state index in [0.29, 0.717) is 6.54 Å². The number of thiophene rings is 1. The molecule has 0 spiro atoms. The Balaban J connectivity index is 1.92. The van der Waals surface area contributed by atoms with E-state index in [9.17, 15) is 4.79 Å². The van der Waals surface area contributed by atoms with Crippen molar-refractivity contribution in [3.63, 3.8) is 0 Å². The van der Waals surface area contributed by atoms with Crippen molar-refractivity contribution >= 4 is 49.1 Å². The number of nitrogens with zero attached hydrogens (tertiary/aromatic N) is 2. The van der Waals surface area contributed by atoms with Crippen molar-refractivity contribution in [3.8, 4) is 0 Å². The summed E-state index contributed by atoms with van der Waals surface area (Å²) in [6.45, 7) is 4.78. The lowest BCUT2D eigenvalue weighted by molar-refractivity contribution is 0.726. The molecule has 3 heterocycles. The smallest absolute Gasteiger partial charge is 0.262 e. The van der Waals surface area contributed by atoms with Gasteiger partial charge in [-0.2, -0.15) is 0 Å². The van der Waals surface area contributed by atoms with E-state index in [1.807, 2.05) is 23.6 Å². The van der Waals surface area contributed by atoms with Crippen LogP contribution in [0.1, 0.15) is 28.2 Å². The fourth-order valence-corrected chi connectivity index (χ4v) is 4.49. The van der Waals surface area contributed by atoms with Crippen molar-refractivity contribution in [2.24, 2.45) is 0 Å². The molecular weight excluding hydrogens is 372 g/mol. The molecular formula is C18H15BrN2OS. The van der Waals surface area contributed by atoms with Crippen LogP contribution in [0.3, 0.4) is 0 Å². The molecule has 0 bridgehead atoms. The molecule has 3 aromatic rings. The van der Waals surface area contributed by atoms with Crippen molar-refractivity contribution in [2.45, 2.75) is 26.8 Å². The Morgan fingerprint density at radius 3 is 2.96 bits per heavy atom. The van der Waals surface area contributed by atoms with Gasteiger partial charge in [-0.1, -0.05) is 28.1 Å². The molecule has 1 aromatic carbocycles. The van der Waals surface area contributed by atoms with E-state index in [4.69, 9.17) is 4.98 Å². The number of halogens is 1. The van der Waals surface area contributed by atoms with E-state index in [1.54, 1.807) is 11.3 Å². The minimum absolute atomic E-state index is 0.101. The van der Waals surface area contributed by atoms with Crippen LogP contribution in [0.2, 0.25) is 0 Å². The third-order valence-corrected chi connectivity index (χ3v) is 5.96. The zero-order chi connectivity index (χ0) is 16.1. The number of aryl methyl sites for hydroxylation is 2. The molecule has 4 rings (SSSR count). The summed E-state index contributed by atoms with van der Waals surface area (Å²) in [4.78, 5) is 19.6. The van der Waals surface area contributed by atoms with Gasteiger partial charge in [0.1, 0.15) is 10.7 Å². The van der Waals surface area contributed by atoms with Crippen molar-refractivity contribution in [3.05, 3.63) is 60.9 Å². The Morgan fingerprint density at radius 2 is 2.17 bits per heavy atom. The van der Waals surface area contributed by atoms with Gasteiger partial charge in [-0.15, -0.1) is 11.3 Å². The third-order valence-electron chi connectivity index (χ3n) is 4.37. The van der Waals surface area contributed by atoms with E-state index in [2.05, 4.69) is 41.1 Å². The number of rotatable bonds is 1. The average molecular weight is 387 g/mol. The fourth-order valence-electron chi connectivity index (χ4n) is 3.06. The number of aromatic nitrogens is 2. The monoisotopic (exact) mass is 386 g/mol. The molecule has 0 radical (unpaired) electrons. The SMILES string of the molecule is Cc1sc2nc3n(c(=O)c2c1C)CC/C3=C/c1cccc(Br)c1. The molecule has 0 amide bonds. The molecule has 1 aliphatic heterocycles. The Kier molecular flexibility index (Phi) is 3.50. The van der Waals surface area contributed by atoms with Crippen LogP contribution in [0.25, 0.3) is 21.9 Å². The quantitative estimate of drug-likeness (QED) is 0.602. The number of hydrogen-bond donors (Lipinski definition) is 0. The fraction of sp³-hybridized carbons (Fsp3) is 0.222. The lowest BCUT2D eigenvalue weighted by Crippen LogP contribution is -2.20. The Morgan fingerprint density at radius 1 is 1.35 bits per heavy atom. The van der Waals surface area contributed by atoms with E-state index in [0.717, 1.165) is 43.6 Å². The summed E-state index contributed by atoms with van der Waals surface area (Å²) in [6, 6.07) is 8.16. The van der Waals surface area contributed by atoms with Gasteiger partial charge in [0, 0.05) is 15.9 Å². The molecule has 0 fully saturated rings. The first-order chi connectivity index (χ1) is 11.0. The van der Waals surface area contributed by atoms with Crippen LogP contribution in [0, 0.1) is 13.8 Å². The molecule has 0 aliphatic carbocycles. The molecule has 116 valence electrons. The minimum Gasteiger partial charge on any atom is -0.292 e. The maximum Gasteiger partial charge on any atom is 0.262 e. The predicted octanol–water partition coefficient (Wildman–Crippen LogP) is 4.78. The number of hydrogen-bond acceptors (Lipinski definition) is 3. The Labute approximate surface area is 146 Å². The van der Waals surface area contributed by atoms with Crippen LogP contribution in [0.5, 0.6) is 0 Å². The lowest BCUT2D eigenvalue weighted by atomic mass is 10.1. The molecule has 0 atom stereocenters. The number of fused-ring (bicyclic) bond motifs is 2. The van der Waals surface area contributed by atoms with Crippen LogP contribution in [0.15, 0.2) is 33.5 Å². The first-order valence-corrected chi connectivity index (χ1v) is 9.12. The first kappa shape index (κ1) is 14.8. The summed E-state index contributed by atoms with van der Waals surface area (Å²) in [5, 5.41) is 0.792. The summed E-state index contributed by atoms with van der Waals surface area (Å²) >= 11 is 5.11. The zero-order valence-electron chi connectivity index (χ0n) is 12.9. The highest BCUT2D eigenvalue weighted by Crippen LogP contribution is 2.32. The van der Waals surface area contributed by atoms with Crippen LogP contribution >= 0.6 is 27.3 Å². The van der Waals surface area contributed by atoms with E-state index in [-0.39, 0.29) is 5.56 Å². The summed E-state index contributed by atoms with van der Waals surface area (Å²) in [5.74, 6) is 0.823. The standard InChI is InChI=1S/C18H15BrN2OS/c1-10-11(2)23-17-15(10)18(22)21-7-6-13(16(21)20-17)8-12-4-3-5-14(19)9-12/h3-5,8-9H,6-7H2,1-2H3/b13-8-. The molecule has 1 aliphatic rings. The van der Waals surface area contributed by atoms with Gasteiger partial charge in [-0.05, 0) is 55.2 Å². The van der Waals surface area contributed by atoms with Gasteiger partial charge in [0.05, 0.1) is 5.39 Å². The van der Waals surface area contributed by atoms with Gasteiger partial charge in [-0.3, -0.25) is 9.36 Å². The predicted molar refractivity (Wildman–Crippen MR) is 100.0 cm³/mol. The molecule has 0 saturated carbocycles. The minimum atomic E-state index is 0.101. The molecule has 23 heavy (non-hydrogen) atoms. The maximum absolute atomic E-state index is 12.8. The van der Waals surface area contributed by atoms with Gasteiger partial charge in [-0.25, -0.2) is 4.98 Å². The van der Waals surface area contributed by atoms with Crippen molar-refractivity contribution < 1.29 is 0 Å². The third kappa shape index (κ3) is 2.39. The molecule has 0 N–H and O–H groups in total. The van der Waals surface area contributed by atoms with Crippen molar-refractivity contribution in [2.75, 3.05) is 0 Å². The van der Waals surface area contributed by atoms with Gasteiger partial charge in [0.25, 0.3) is 5.56 Å². The van der Waals surface area contributed by atoms with Crippen LogP contribution in [-0.4, -0.2) is 9.55 Å². The van der Waals surface area contributed by atoms with Crippen LogP contribution in [-0.2, 0) is 6.54 Å². The Hall–Kier alpha value is -1.72. The van der Waals surface area contributed by atoms with Gasteiger partial charge >= 0.3 is 0 Å². The maximum atomic E-state index is 12.8. The normalized spacial score (nSPS) is 15.5. The molecule has 5 heteroatoms. The lowest BCUT2D eigenvalue weighted by Gasteiger charge is -2.03. The summed E-state index contributed by atoms with van der Waals surface area (Å²) in [6.07, 6.45) is 2.99. The highest BCUT2D eigenvalue weighted by Gasteiger charge is 2.23. The first-order valence-electron chi connectivity index (χ1n) is 7.51. The van der Waals surface area contributed by atoms with E-state index in [1.165, 1.54) is 4.88 Å². The van der Waals surface area contributed by atoms with Gasteiger partial charge in [0.2, 0.25) is 0 Å².